The summed E-state index contributed by atoms with van der Waals surface area (Å²) >= 11 is 0. The number of sulfonamides is 1. The van der Waals surface area contributed by atoms with Gasteiger partial charge in [0.1, 0.15) is 5.75 Å². The van der Waals surface area contributed by atoms with Gasteiger partial charge in [0.2, 0.25) is 15.9 Å². The molecule has 31 heavy (non-hydrogen) atoms. The number of carbonyl (C=O) groups excluding carboxylic acids is 1. The predicted octanol–water partition coefficient (Wildman–Crippen LogP) is 3.21. The molecule has 0 radical (unpaired) electrons. The number of hydrogen-bond acceptors (Lipinski definition) is 4. The fourth-order valence-electron chi connectivity index (χ4n) is 4.01. The Labute approximate surface area is 182 Å². The lowest BCUT2D eigenvalue weighted by Gasteiger charge is -2.26. The molecule has 1 aliphatic heterocycles. The zero-order chi connectivity index (χ0) is 21.8. The molecule has 8 heteroatoms. The van der Waals surface area contributed by atoms with Crippen LogP contribution in [0.4, 0.5) is 0 Å². The molecule has 1 saturated heterocycles. The van der Waals surface area contributed by atoms with E-state index in [-0.39, 0.29) is 23.8 Å². The monoisotopic (exact) mass is 441 g/mol. The summed E-state index contributed by atoms with van der Waals surface area (Å²) in [5.41, 5.74) is 2.39. The lowest BCUT2D eigenvalue weighted by molar-refractivity contribution is -0.120. The lowest BCUT2D eigenvalue weighted by atomic mass is 10.1. The number of benzene rings is 2. The molecule has 3 aromatic rings. The Balaban J connectivity index is 1.47. The van der Waals surface area contributed by atoms with Gasteiger partial charge in [-0.15, -0.1) is 0 Å². The minimum absolute atomic E-state index is 0.160. The van der Waals surface area contributed by atoms with Crippen LogP contribution in [0.3, 0.4) is 0 Å². The number of nitrogens with one attached hydrogen (secondary N) is 2. The van der Waals surface area contributed by atoms with Crippen LogP contribution in [-0.2, 0) is 27.8 Å². The molecule has 4 rings (SSSR count). The van der Waals surface area contributed by atoms with Crippen LogP contribution < -0.4 is 10.1 Å². The molecule has 0 unspecified atom stereocenters. The van der Waals surface area contributed by atoms with Gasteiger partial charge in [-0.2, -0.15) is 4.31 Å². The molecule has 1 aromatic heterocycles. The third-order valence-electron chi connectivity index (χ3n) is 5.71. The normalized spacial score (nSPS) is 15.1. The van der Waals surface area contributed by atoms with Crippen molar-refractivity contribution in [2.24, 2.45) is 0 Å². The van der Waals surface area contributed by atoms with Crippen molar-refractivity contribution in [1.82, 2.24) is 14.6 Å². The molecule has 1 amide bonds. The van der Waals surface area contributed by atoms with Gasteiger partial charge in [-0.1, -0.05) is 24.6 Å². The fourth-order valence-corrected chi connectivity index (χ4v) is 5.75. The van der Waals surface area contributed by atoms with Crippen LogP contribution in [0.5, 0.6) is 5.75 Å². The van der Waals surface area contributed by atoms with Crippen LogP contribution in [0.2, 0.25) is 0 Å². The van der Waals surface area contributed by atoms with E-state index in [1.54, 1.807) is 35.7 Å². The maximum absolute atomic E-state index is 13.1. The molecule has 0 atom stereocenters. The molecule has 0 saturated carbocycles. The van der Waals surface area contributed by atoms with Crippen molar-refractivity contribution in [3.05, 3.63) is 59.8 Å². The highest BCUT2D eigenvalue weighted by Crippen LogP contribution is 2.25. The van der Waals surface area contributed by atoms with Crippen LogP contribution in [0.1, 0.15) is 30.4 Å². The van der Waals surface area contributed by atoms with Crippen LogP contribution in [0, 0.1) is 0 Å². The van der Waals surface area contributed by atoms with E-state index < -0.39 is 10.0 Å². The highest BCUT2D eigenvalue weighted by molar-refractivity contribution is 7.89. The van der Waals surface area contributed by atoms with Crippen molar-refractivity contribution in [3.8, 4) is 5.75 Å². The molecule has 0 bridgehead atoms. The number of rotatable bonds is 7. The molecule has 2 N–H and O–H groups in total. The zero-order valence-corrected chi connectivity index (χ0v) is 18.4. The number of piperidine rings is 1. The van der Waals surface area contributed by atoms with Gasteiger partial charge in [0.25, 0.3) is 0 Å². The third-order valence-corrected chi connectivity index (χ3v) is 7.71. The molecule has 7 nitrogen and oxygen atoms in total. The largest absolute Gasteiger partial charge is 0.497 e. The second-order valence-corrected chi connectivity index (χ2v) is 9.66. The van der Waals surface area contributed by atoms with E-state index in [0.29, 0.717) is 18.7 Å². The van der Waals surface area contributed by atoms with E-state index in [2.05, 4.69) is 10.3 Å². The number of methoxy groups -OCH3 is 1. The van der Waals surface area contributed by atoms with Crippen molar-refractivity contribution in [1.29, 1.82) is 0 Å². The SMILES string of the molecule is COc1ccc2[nH]cc(CC(=O)NCc3ccccc3S(=O)(=O)N3CCCCC3)c2c1. The first kappa shape index (κ1) is 21.4. The maximum Gasteiger partial charge on any atom is 0.243 e. The molecule has 0 aliphatic carbocycles. The number of hydrogen-bond donors (Lipinski definition) is 2. The molecule has 164 valence electrons. The van der Waals surface area contributed by atoms with Crippen LogP contribution >= 0.6 is 0 Å². The maximum atomic E-state index is 13.1. The summed E-state index contributed by atoms with van der Waals surface area (Å²) in [7, 11) is -1.96. The molecule has 2 aromatic carbocycles. The fraction of sp³-hybridized carbons (Fsp3) is 0.348. The minimum atomic E-state index is -3.56. The van der Waals surface area contributed by atoms with Gasteiger partial charge in [-0.25, -0.2) is 8.42 Å². The van der Waals surface area contributed by atoms with Gasteiger partial charge in [-0.3, -0.25) is 4.79 Å². The van der Waals surface area contributed by atoms with Crippen molar-refractivity contribution in [2.75, 3.05) is 20.2 Å². The number of aromatic nitrogens is 1. The molecule has 2 heterocycles. The van der Waals surface area contributed by atoms with Crippen LogP contribution in [0.25, 0.3) is 10.9 Å². The van der Waals surface area contributed by atoms with Crippen molar-refractivity contribution in [2.45, 2.75) is 37.1 Å². The zero-order valence-electron chi connectivity index (χ0n) is 17.6. The summed E-state index contributed by atoms with van der Waals surface area (Å²) in [5, 5.41) is 3.81. The van der Waals surface area contributed by atoms with Gasteiger partial charge >= 0.3 is 0 Å². The number of H-pyrrole nitrogens is 1. The third kappa shape index (κ3) is 4.60. The van der Waals surface area contributed by atoms with Gasteiger partial charge < -0.3 is 15.0 Å². The van der Waals surface area contributed by atoms with Crippen LogP contribution in [0.15, 0.2) is 53.6 Å². The van der Waals surface area contributed by atoms with E-state index in [0.717, 1.165) is 41.5 Å². The highest BCUT2D eigenvalue weighted by Gasteiger charge is 2.27. The smallest absolute Gasteiger partial charge is 0.243 e. The van der Waals surface area contributed by atoms with Crippen molar-refractivity contribution in [3.63, 3.8) is 0 Å². The average Bonchev–Trinajstić information content (AvgIpc) is 3.20. The summed E-state index contributed by atoms with van der Waals surface area (Å²) in [4.78, 5) is 16.1. The summed E-state index contributed by atoms with van der Waals surface area (Å²) in [5.74, 6) is 0.555. The number of amides is 1. The number of fused-ring (bicyclic) bond motifs is 1. The van der Waals surface area contributed by atoms with E-state index in [1.165, 1.54) is 0 Å². The standard InChI is InChI=1S/C23H27N3O4S/c1-30-19-9-10-21-20(14-19)18(16-24-21)13-23(27)25-15-17-7-3-4-8-22(17)31(28,29)26-11-5-2-6-12-26/h3-4,7-10,14,16,24H,2,5-6,11-13,15H2,1H3,(H,25,27). The van der Waals surface area contributed by atoms with E-state index in [9.17, 15) is 13.2 Å². The number of nitrogens with zero attached hydrogens (tertiary/aromatic N) is 1. The van der Waals surface area contributed by atoms with E-state index in [4.69, 9.17) is 4.74 Å². The van der Waals surface area contributed by atoms with Crippen LogP contribution in [-0.4, -0.2) is 43.8 Å². The lowest BCUT2D eigenvalue weighted by Crippen LogP contribution is -2.36. The number of ether oxygens (including phenoxy) is 1. The predicted molar refractivity (Wildman–Crippen MR) is 119 cm³/mol. The Hall–Kier alpha value is -2.84. The highest BCUT2D eigenvalue weighted by atomic mass is 32.2. The van der Waals surface area contributed by atoms with Gasteiger partial charge in [0.15, 0.2) is 0 Å². The Bertz CT molecular complexity index is 1180. The Morgan fingerprint density at radius 3 is 2.65 bits per heavy atom. The summed E-state index contributed by atoms with van der Waals surface area (Å²) in [6.07, 6.45) is 4.83. The first-order chi connectivity index (χ1) is 15.0. The second kappa shape index (κ2) is 9.11. The summed E-state index contributed by atoms with van der Waals surface area (Å²) in [6.45, 7) is 1.26. The summed E-state index contributed by atoms with van der Waals surface area (Å²) < 4.78 is 33.1. The summed E-state index contributed by atoms with van der Waals surface area (Å²) in [6, 6.07) is 12.6. The molecule has 0 spiro atoms. The first-order valence-corrected chi connectivity index (χ1v) is 11.9. The first-order valence-electron chi connectivity index (χ1n) is 10.5. The van der Waals surface area contributed by atoms with Gasteiger partial charge in [0, 0.05) is 36.7 Å². The molecule has 1 aliphatic rings. The van der Waals surface area contributed by atoms with Gasteiger partial charge in [0.05, 0.1) is 18.4 Å². The van der Waals surface area contributed by atoms with Crippen molar-refractivity contribution < 1.29 is 17.9 Å². The van der Waals surface area contributed by atoms with Crippen molar-refractivity contribution >= 4 is 26.8 Å². The average molecular weight is 442 g/mol. The Morgan fingerprint density at radius 2 is 1.87 bits per heavy atom. The second-order valence-electron chi connectivity index (χ2n) is 7.75. The quantitative estimate of drug-likeness (QED) is 0.589. The van der Waals surface area contributed by atoms with Gasteiger partial charge in [-0.05, 0) is 48.2 Å². The molecular weight excluding hydrogens is 414 g/mol. The Morgan fingerprint density at radius 1 is 1.10 bits per heavy atom. The minimum Gasteiger partial charge on any atom is -0.497 e. The van der Waals surface area contributed by atoms with E-state index in [1.807, 2.05) is 24.4 Å². The molecular formula is C23H27N3O4S. The molecule has 1 fully saturated rings. The Kier molecular flexibility index (Phi) is 6.29. The number of carbonyl (C=O) groups is 1. The topological polar surface area (TPSA) is 91.5 Å². The van der Waals surface area contributed by atoms with E-state index >= 15 is 0 Å². The number of aromatic amines is 1.